The number of nitrogens with one attached hydrogen (secondary N) is 1. The van der Waals surface area contributed by atoms with Gasteiger partial charge in [-0.15, -0.1) is 0 Å². The van der Waals surface area contributed by atoms with Gasteiger partial charge in [0.05, 0.1) is 12.7 Å². The third-order valence-corrected chi connectivity index (χ3v) is 4.81. The number of hydrogen-bond acceptors (Lipinski definition) is 5. The van der Waals surface area contributed by atoms with Crippen LogP contribution in [-0.2, 0) is 11.4 Å². The molecule has 2 N–H and O–H groups in total. The van der Waals surface area contributed by atoms with Crippen molar-refractivity contribution in [3.63, 3.8) is 0 Å². The first kappa shape index (κ1) is 23.4. The molecular formula is C25H19ClN2O5. The number of benzene rings is 3. The molecule has 0 aliphatic rings. The molecule has 0 radical (unpaired) electrons. The Labute approximate surface area is 195 Å². The van der Waals surface area contributed by atoms with Crippen molar-refractivity contribution >= 4 is 35.2 Å². The van der Waals surface area contributed by atoms with E-state index in [1.807, 2.05) is 6.07 Å². The minimum absolute atomic E-state index is 0.0841. The maximum Gasteiger partial charge on any atom is 0.335 e. The topological polar surface area (TPSA) is 109 Å². The molecule has 1 amide bonds. The maximum atomic E-state index is 12.5. The largest absolute Gasteiger partial charge is 0.493 e. The lowest BCUT2D eigenvalue weighted by Gasteiger charge is -2.12. The van der Waals surface area contributed by atoms with Crippen LogP contribution >= 0.6 is 11.6 Å². The van der Waals surface area contributed by atoms with Crippen molar-refractivity contribution in [3.05, 3.63) is 94.0 Å². The predicted molar refractivity (Wildman–Crippen MR) is 124 cm³/mol. The first-order valence-corrected chi connectivity index (χ1v) is 10.1. The van der Waals surface area contributed by atoms with Gasteiger partial charge in [0, 0.05) is 10.7 Å². The molecule has 7 nitrogen and oxygen atoms in total. The number of halogens is 1. The number of hydrogen-bond donors (Lipinski definition) is 2. The number of amides is 1. The lowest BCUT2D eigenvalue weighted by atomic mass is 10.1. The van der Waals surface area contributed by atoms with E-state index in [9.17, 15) is 14.9 Å². The third-order valence-electron chi connectivity index (χ3n) is 4.56. The summed E-state index contributed by atoms with van der Waals surface area (Å²) in [5.41, 5.74) is 1.99. The smallest absolute Gasteiger partial charge is 0.335 e. The van der Waals surface area contributed by atoms with E-state index < -0.39 is 11.9 Å². The molecule has 0 spiro atoms. The van der Waals surface area contributed by atoms with Crippen LogP contribution in [0.5, 0.6) is 11.5 Å². The van der Waals surface area contributed by atoms with E-state index in [-0.39, 0.29) is 17.7 Å². The Bertz CT molecular complexity index is 1230. The molecule has 0 saturated carbocycles. The second kappa shape index (κ2) is 10.8. The van der Waals surface area contributed by atoms with Gasteiger partial charge in [-0.3, -0.25) is 4.79 Å². The van der Waals surface area contributed by atoms with Crippen molar-refractivity contribution < 1.29 is 24.2 Å². The summed E-state index contributed by atoms with van der Waals surface area (Å²) >= 11 is 5.84. The van der Waals surface area contributed by atoms with E-state index in [1.54, 1.807) is 54.6 Å². The average molecular weight is 463 g/mol. The monoisotopic (exact) mass is 462 g/mol. The number of aromatic carboxylic acids is 1. The lowest BCUT2D eigenvalue weighted by molar-refractivity contribution is -0.112. The maximum absolute atomic E-state index is 12.5. The Balaban J connectivity index is 1.72. The zero-order chi connectivity index (χ0) is 23.8. The summed E-state index contributed by atoms with van der Waals surface area (Å²) in [5, 5.41) is 21.6. The SMILES string of the molecule is COc1cc(/C=C(\C#N)C(=O)Nc2ccc(Cl)cc2)ccc1OCc1ccc(C(=O)O)cc1. The van der Waals surface area contributed by atoms with Gasteiger partial charge in [0.2, 0.25) is 0 Å². The number of carbonyl (C=O) groups is 2. The summed E-state index contributed by atoms with van der Waals surface area (Å²) in [6, 6.07) is 19.8. The number of ether oxygens (including phenoxy) is 2. The van der Waals surface area contributed by atoms with Gasteiger partial charge in [-0.2, -0.15) is 5.26 Å². The Hall–Kier alpha value is -4.28. The van der Waals surface area contributed by atoms with Crippen LogP contribution in [0.1, 0.15) is 21.5 Å². The fourth-order valence-corrected chi connectivity index (χ4v) is 2.97. The summed E-state index contributed by atoms with van der Waals surface area (Å²) in [6.45, 7) is 0.207. The van der Waals surface area contributed by atoms with Crippen molar-refractivity contribution in [2.45, 2.75) is 6.61 Å². The fraction of sp³-hybridized carbons (Fsp3) is 0.0800. The highest BCUT2D eigenvalue weighted by atomic mass is 35.5. The van der Waals surface area contributed by atoms with Crippen LogP contribution in [0, 0.1) is 11.3 Å². The lowest BCUT2D eigenvalue weighted by Crippen LogP contribution is -2.13. The van der Waals surface area contributed by atoms with Crippen LogP contribution in [-0.4, -0.2) is 24.1 Å². The van der Waals surface area contributed by atoms with Crippen molar-refractivity contribution in [2.24, 2.45) is 0 Å². The van der Waals surface area contributed by atoms with Crippen molar-refractivity contribution in [1.82, 2.24) is 0 Å². The Kier molecular flexibility index (Phi) is 7.68. The molecule has 3 rings (SSSR count). The molecule has 0 fully saturated rings. The molecule has 0 heterocycles. The average Bonchev–Trinajstić information content (AvgIpc) is 2.83. The van der Waals surface area contributed by atoms with Crippen LogP contribution in [0.15, 0.2) is 72.3 Å². The van der Waals surface area contributed by atoms with E-state index in [4.69, 9.17) is 26.2 Å². The Morgan fingerprint density at radius 2 is 1.76 bits per heavy atom. The van der Waals surface area contributed by atoms with E-state index in [1.165, 1.54) is 25.3 Å². The van der Waals surface area contributed by atoms with Crippen LogP contribution in [0.2, 0.25) is 5.02 Å². The molecule has 0 aliphatic heterocycles. The van der Waals surface area contributed by atoms with Crippen LogP contribution in [0.4, 0.5) is 5.69 Å². The Morgan fingerprint density at radius 1 is 1.06 bits per heavy atom. The standard InChI is InChI=1S/C25H19ClN2O5/c1-32-23-13-17(12-19(14-27)24(29)28-21-9-7-20(26)8-10-21)4-11-22(23)33-15-16-2-5-18(6-3-16)25(30)31/h2-13H,15H2,1H3,(H,28,29)(H,30,31)/b19-12+. The zero-order valence-electron chi connectivity index (χ0n) is 17.5. The van der Waals surface area contributed by atoms with E-state index in [2.05, 4.69) is 5.32 Å². The second-order valence-corrected chi connectivity index (χ2v) is 7.27. The van der Waals surface area contributed by atoms with Crippen LogP contribution < -0.4 is 14.8 Å². The molecule has 3 aromatic carbocycles. The molecule has 166 valence electrons. The van der Waals surface area contributed by atoms with E-state index >= 15 is 0 Å². The van der Waals surface area contributed by atoms with Gasteiger partial charge in [0.25, 0.3) is 5.91 Å². The summed E-state index contributed by atoms with van der Waals surface area (Å²) < 4.78 is 11.2. The molecule has 3 aromatic rings. The number of carbonyl (C=O) groups excluding carboxylic acids is 1. The molecule has 33 heavy (non-hydrogen) atoms. The number of carboxylic acids is 1. The number of methoxy groups -OCH3 is 1. The van der Waals surface area contributed by atoms with Gasteiger partial charge in [0.15, 0.2) is 11.5 Å². The fourth-order valence-electron chi connectivity index (χ4n) is 2.84. The summed E-state index contributed by atoms with van der Waals surface area (Å²) in [4.78, 5) is 23.4. The molecule has 0 bridgehead atoms. The van der Waals surface area contributed by atoms with Gasteiger partial charge >= 0.3 is 5.97 Å². The number of anilines is 1. The molecule has 0 aliphatic carbocycles. The second-order valence-electron chi connectivity index (χ2n) is 6.83. The normalized spacial score (nSPS) is 10.8. The Morgan fingerprint density at radius 3 is 2.36 bits per heavy atom. The highest BCUT2D eigenvalue weighted by Gasteiger charge is 2.12. The van der Waals surface area contributed by atoms with Crippen molar-refractivity contribution in [3.8, 4) is 17.6 Å². The first-order valence-electron chi connectivity index (χ1n) is 9.71. The van der Waals surface area contributed by atoms with Crippen LogP contribution in [0.25, 0.3) is 6.08 Å². The molecule has 0 aromatic heterocycles. The predicted octanol–water partition coefficient (Wildman–Crippen LogP) is 5.17. The molecule has 8 heteroatoms. The number of carboxylic acid groups (broad SMARTS) is 1. The minimum atomic E-state index is -0.994. The zero-order valence-corrected chi connectivity index (χ0v) is 18.3. The summed E-state index contributed by atoms with van der Waals surface area (Å²) in [5.74, 6) is -0.669. The van der Waals surface area contributed by atoms with Gasteiger partial charge < -0.3 is 19.9 Å². The summed E-state index contributed by atoms with van der Waals surface area (Å²) in [6.07, 6.45) is 1.45. The van der Waals surface area contributed by atoms with Gasteiger partial charge in [-0.25, -0.2) is 4.79 Å². The number of rotatable bonds is 8. The first-order chi connectivity index (χ1) is 15.9. The number of nitriles is 1. The highest BCUT2D eigenvalue weighted by Crippen LogP contribution is 2.30. The van der Waals surface area contributed by atoms with Crippen LogP contribution in [0.3, 0.4) is 0 Å². The summed E-state index contributed by atoms with van der Waals surface area (Å²) in [7, 11) is 1.48. The molecule has 0 unspecified atom stereocenters. The van der Waals surface area contributed by atoms with Gasteiger partial charge in [-0.1, -0.05) is 29.8 Å². The third kappa shape index (κ3) is 6.35. The van der Waals surface area contributed by atoms with E-state index in [0.29, 0.717) is 27.8 Å². The van der Waals surface area contributed by atoms with Crippen molar-refractivity contribution in [1.29, 1.82) is 5.26 Å². The molecule has 0 saturated heterocycles. The number of nitrogens with zero attached hydrogens (tertiary/aromatic N) is 1. The van der Waals surface area contributed by atoms with E-state index in [0.717, 1.165) is 5.56 Å². The quantitative estimate of drug-likeness (QED) is 0.353. The minimum Gasteiger partial charge on any atom is -0.493 e. The highest BCUT2D eigenvalue weighted by molar-refractivity contribution is 6.30. The molecule has 0 atom stereocenters. The van der Waals surface area contributed by atoms with Crippen molar-refractivity contribution in [2.75, 3.05) is 12.4 Å². The molecular weight excluding hydrogens is 444 g/mol. The van der Waals surface area contributed by atoms with Gasteiger partial charge in [0.1, 0.15) is 18.2 Å². The van der Waals surface area contributed by atoms with Gasteiger partial charge in [-0.05, 0) is 65.7 Å².